The number of hydrogen-bond acceptors (Lipinski definition) is 2. The Balaban J connectivity index is 2.28. The second-order valence-electron chi connectivity index (χ2n) is 4.71. The predicted octanol–water partition coefficient (Wildman–Crippen LogP) is 3.61. The number of halogens is 6. The van der Waals surface area contributed by atoms with Gasteiger partial charge in [0.15, 0.2) is 11.2 Å². The highest BCUT2D eigenvalue weighted by molar-refractivity contribution is 6.35. The van der Waals surface area contributed by atoms with Crippen LogP contribution in [-0.2, 0) is 4.79 Å². The van der Waals surface area contributed by atoms with Gasteiger partial charge in [0.05, 0.1) is 10.0 Å². The minimum Gasteiger partial charge on any atom is -0.325 e. The highest BCUT2D eigenvalue weighted by Gasteiger charge is 2.61. The molecule has 9 heteroatoms. The van der Waals surface area contributed by atoms with Gasteiger partial charge in [-0.3, -0.25) is 4.79 Å². The van der Waals surface area contributed by atoms with Gasteiger partial charge in [0, 0.05) is 12.2 Å². The maximum Gasteiger partial charge on any atom is 0.404 e. The van der Waals surface area contributed by atoms with Crippen LogP contribution in [0.15, 0.2) is 12.1 Å². The third-order valence-corrected chi connectivity index (χ3v) is 3.92. The fourth-order valence-electron chi connectivity index (χ4n) is 2.13. The average molecular weight is 345 g/mol. The van der Waals surface area contributed by atoms with Crippen molar-refractivity contribution >= 4 is 34.8 Å². The van der Waals surface area contributed by atoms with Crippen molar-refractivity contribution in [1.29, 1.82) is 0 Å². The molecule has 0 aromatic heterocycles. The zero-order chi connectivity index (χ0) is 15.8. The molecule has 1 fully saturated rings. The summed E-state index contributed by atoms with van der Waals surface area (Å²) in [5, 5.41) is 3.86. The highest BCUT2D eigenvalue weighted by Crippen LogP contribution is 2.44. The van der Waals surface area contributed by atoms with Crippen LogP contribution in [0.4, 0.5) is 23.2 Å². The van der Waals surface area contributed by atoms with E-state index >= 15 is 0 Å². The van der Waals surface area contributed by atoms with Crippen molar-refractivity contribution in [2.24, 2.45) is 5.41 Å². The maximum absolute atomic E-state index is 13.2. The average Bonchev–Trinajstić information content (AvgIpc) is 2.85. The van der Waals surface area contributed by atoms with Crippen LogP contribution in [-0.4, -0.2) is 25.2 Å². The number of anilines is 1. The second-order valence-corrected chi connectivity index (χ2v) is 5.53. The molecule has 2 rings (SSSR count). The molecule has 0 saturated carbocycles. The molecule has 0 radical (unpaired) electrons. The first-order chi connectivity index (χ1) is 9.67. The van der Waals surface area contributed by atoms with Crippen molar-refractivity contribution < 1.29 is 22.4 Å². The van der Waals surface area contributed by atoms with E-state index in [-0.39, 0.29) is 28.7 Å². The molecule has 1 atom stereocenters. The molecule has 1 saturated heterocycles. The normalized spacial score (nSPS) is 22.4. The van der Waals surface area contributed by atoms with Crippen molar-refractivity contribution in [1.82, 2.24) is 5.32 Å². The van der Waals surface area contributed by atoms with Crippen LogP contribution in [0.2, 0.25) is 10.0 Å². The summed E-state index contributed by atoms with van der Waals surface area (Å²) in [4.78, 5) is 12.0. The summed E-state index contributed by atoms with van der Waals surface area (Å²) in [6.45, 7) is -0.428. The highest BCUT2D eigenvalue weighted by atomic mass is 35.5. The zero-order valence-corrected chi connectivity index (χ0v) is 12.0. The fraction of sp³-hybridized carbons (Fsp3) is 0.417. The van der Waals surface area contributed by atoms with E-state index in [0.29, 0.717) is 0 Å². The van der Waals surface area contributed by atoms with E-state index in [1.807, 2.05) is 0 Å². The molecule has 3 nitrogen and oxygen atoms in total. The van der Waals surface area contributed by atoms with Crippen LogP contribution in [0.5, 0.6) is 0 Å². The Labute approximate surface area is 127 Å². The number of nitrogens with one attached hydrogen (secondary N) is 2. The first-order valence-corrected chi connectivity index (χ1v) is 6.66. The summed E-state index contributed by atoms with van der Waals surface area (Å²) in [5.41, 5.74) is -2.60. The molecule has 0 spiro atoms. The van der Waals surface area contributed by atoms with Gasteiger partial charge in [0.25, 0.3) is 0 Å². The van der Waals surface area contributed by atoms with Gasteiger partial charge < -0.3 is 10.6 Å². The molecule has 1 heterocycles. The molecule has 1 aliphatic heterocycles. The van der Waals surface area contributed by atoms with Gasteiger partial charge in [-0.1, -0.05) is 23.2 Å². The minimum atomic E-state index is -4.70. The Hall–Kier alpha value is -1.05. The van der Waals surface area contributed by atoms with Crippen LogP contribution in [0.3, 0.4) is 0 Å². The molecule has 2 N–H and O–H groups in total. The molecule has 0 aliphatic carbocycles. The largest absolute Gasteiger partial charge is 0.404 e. The summed E-state index contributed by atoms with van der Waals surface area (Å²) in [7, 11) is 0. The SMILES string of the molecule is O=C(Nc1cc(Cl)c(F)c(Cl)c1)C1(C(F)(F)F)CCNC1. The lowest BCUT2D eigenvalue weighted by Gasteiger charge is -2.29. The Bertz CT molecular complexity index is 548. The molecule has 1 aliphatic rings. The molecule has 1 aromatic carbocycles. The van der Waals surface area contributed by atoms with Gasteiger partial charge in [-0.05, 0) is 25.1 Å². The minimum absolute atomic E-state index is 0.0812. The van der Waals surface area contributed by atoms with Crippen LogP contribution >= 0.6 is 23.2 Å². The molecular formula is C12H10Cl2F4N2O. The first kappa shape index (κ1) is 16.3. The van der Waals surface area contributed by atoms with Gasteiger partial charge in [0.1, 0.15) is 0 Å². The summed E-state index contributed by atoms with van der Waals surface area (Å²) in [6.07, 6.45) is -5.07. The zero-order valence-electron chi connectivity index (χ0n) is 10.5. The van der Waals surface area contributed by atoms with Crippen molar-refractivity contribution in [3.8, 4) is 0 Å². The summed E-state index contributed by atoms with van der Waals surface area (Å²) in [6, 6.07) is 2.01. The summed E-state index contributed by atoms with van der Waals surface area (Å²) >= 11 is 11.1. The molecule has 1 amide bonds. The van der Waals surface area contributed by atoms with E-state index < -0.39 is 29.9 Å². The Morgan fingerprint density at radius 2 is 1.86 bits per heavy atom. The van der Waals surface area contributed by atoms with E-state index in [1.54, 1.807) is 0 Å². The topological polar surface area (TPSA) is 41.1 Å². The third-order valence-electron chi connectivity index (χ3n) is 3.37. The number of carbonyl (C=O) groups is 1. The van der Waals surface area contributed by atoms with Gasteiger partial charge in [0.2, 0.25) is 5.91 Å². The second kappa shape index (κ2) is 5.62. The first-order valence-electron chi connectivity index (χ1n) is 5.91. The number of carbonyl (C=O) groups excluding carboxylic acids is 1. The van der Waals surface area contributed by atoms with Crippen LogP contribution in [0, 0.1) is 11.2 Å². The summed E-state index contributed by atoms with van der Waals surface area (Å²) < 4.78 is 52.8. The fourth-order valence-corrected chi connectivity index (χ4v) is 2.62. The Morgan fingerprint density at radius 1 is 1.29 bits per heavy atom. The van der Waals surface area contributed by atoms with Crippen LogP contribution < -0.4 is 10.6 Å². The van der Waals surface area contributed by atoms with Crippen molar-refractivity contribution in [2.45, 2.75) is 12.6 Å². The van der Waals surface area contributed by atoms with E-state index in [4.69, 9.17) is 23.2 Å². The molecule has 1 unspecified atom stereocenters. The quantitative estimate of drug-likeness (QED) is 0.635. The smallest absolute Gasteiger partial charge is 0.325 e. The van der Waals surface area contributed by atoms with E-state index in [1.165, 1.54) is 0 Å². The van der Waals surface area contributed by atoms with E-state index in [9.17, 15) is 22.4 Å². The standard InChI is InChI=1S/C12H10Cl2F4N2O/c13-7-3-6(4-8(14)9(7)15)20-10(21)11(12(16,17)18)1-2-19-5-11/h3-4,19H,1-2,5H2,(H,20,21). The van der Waals surface area contributed by atoms with Crippen LogP contribution in [0.25, 0.3) is 0 Å². The maximum atomic E-state index is 13.2. The monoisotopic (exact) mass is 344 g/mol. The lowest BCUT2D eigenvalue weighted by Crippen LogP contribution is -2.49. The number of amides is 1. The summed E-state index contributed by atoms with van der Waals surface area (Å²) in [5.74, 6) is -2.12. The van der Waals surface area contributed by atoms with E-state index in [0.717, 1.165) is 12.1 Å². The molecule has 0 bridgehead atoms. The molecule has 21 heavy (non-hydrogen) atoms. The molecule has 116 valence electrons. The lowest BCUT2D eigenvalue weighted by molar-refractivity contribution is -0.213. The van der Waals surface area contributed by atoms with E-state index in [2.05, 4.69) is 10.6 Å². The van der Waals surface area contributed by atoms with Crippen molar-refractivity contribution in [2.75, 3.05) is 18.4 Å². The van der Waals surface area contributed by atoms with Crippen LogP contribution in [0.1, 0.15) is 6.42 Å². The van der Waals surface area contributed by atoms with Gasteiger partial charge in [-0.25, -0.2) is 4.39 Å². The van der Waals surface area contributed by atoms with Gasteiger partial charge in [-0.15, -0.1) is 0 Å². The van der Waals surface area contributed by atoms with Gasteiger partial charge in [-0.2, -0.15) is 13.2 Å². The number of alkyl halides is 3. The molecule has 1 aromatic rings. The lowest BCUT2D eigenvalue weighted by atomic mass is 9.85. The van der Waals surface area contributed by atoms with Gasteiger partial charge >= 0.3 is 6.18 Å². The number of rotatable bonds is 2. The molecular weight excluding hydrogens is 335 g/mol. The predicted molar refractivity (Wildman–Crippen MR) is 71.0 cm³/mol. The van der Waals surface area contributed by atoms with Crippen molar-refractivity contribution in [3.05, 3.63) is 28.0 Å². The third kappa shape index (κ3) is 2.95. The Morgan fingerprint density at radius 3 is 2.29 bits per heavy atom. The number of hydrogen-bond donors (Lipinski definition) is 2. The Kier molecular flexibility index (Phi) is 4.37. The number of benzene rings is 1. The van der Waals surface area contributed by atoms with Crippen molar-refractivity contribution in [3.63, 3.8) is 0 Å².